The van der Waals surface area contributed by atoms with Crippen LogP contribution in [0, 0.1) is 0 Å². The first-order valence-corrected chi connectivity index (χ1v) is 6.15. The van der Waals surface area contributed by atoms with Crippen LogP contribution in [0.1, 0.15) is 18.6 Å². The summed E-state index contributed by atoms with van der Waals surface area (Å²) in [5.74, 6) is 1.36. The number of hydrogen-bond acceptors (Lipinski definition) is 4. The number of halogens is 1. The molecular formula is C12H12ClN3O2. The van der Waals surface area contributed by atoms with E-state index in [-0.39, 0.29) is 10.6 Å². The molecule has 1 fully saturated rings. The quantitative estimate of drug-likeness (QED) is 0.920. The average Bonchev–Trinajstić information content (AvgIpc) is 3.08. The number of rotatable bonds is 4. The average molecular weight is 266 g/mol. The number of anilines is 1. The van der Waals surface area contributed by atoms with Gasteiger partial charge in [0, 0.05) is 6.04 Å². The van der Waals surface area contributed by atoms with Gasteiger partial charge in [-0.3, -0.25) is 4.79 Å². The van der Waals surface area contributed by atoms with Gasteiger partial charge in [0.1, 0.15) is 10.8 Å². The van der Waals surface area contributed by atoms with Gasteiger partial charge in [-0.2, -0.15) is 0 Å². The second-order valence-electron chi connectivity index (χ2n) is 4.31. The Balaban J connectivity index is 1.94. The summed E-state index contributed by atoms with van der Waals surface area (Å²) < 4.78 is 5.34. The number of nitrogens with one attached hydrogen (secondary N) is 1. The fourth-order valence-electron chi connectivity index (χ4n) is 1.91. The number of aromatic amines is 1. The minimum atomic E-state index is -0.313. The van der Waals surface area contributed by atoms with E-state index in [1.54, 1.807) is 6.26 Å². The van der Waals surface area contributed by atoms with Crippen LogP contribution in [0.5, 0.6) is 0 Å². The van der Waals surface area contributed by atoms with Crippen molar-refractivity contribution >= 4 is 17.4 Å². The molecule has 1 saturated carbocycles. The molecule has 0 amide bonds. The molecule has 0 atom stereocenters. The zero-order chi connectivity index (χ0) is 12.5. The van der Waals surface area contributed by atoms with Gasteiger partial charge in [-0.05, 0) is 25.0 Å². The standard InChI is InChI=1S/C12H12ClN3O2/c13-10-11(14-7-15-12(10)17)16(8-3-4-8)6-9-2-1-5-18-9/h1-2,5,7-8H,3-4,6H2,(H,14,15,17). The molecule has 2 aromatic heterocycles. The maximum absolute atomic E-state index is 11.5. The van der Waals surface area contributed by atoms with Crippen LogP contribution in [0.2, 0.25) is 5.02 Å². The van der Waals surface area contributed by atoms with Gasteiger partial charge in [0.05, 0.1) is 19.1 Å². The van der Waals surface area contributed by atoms with Crippen molar-refractivity contribution < 1.29 is 4.42 Å². The molecule has 1 N–H and O–H groups in total. The first-order valence-electron chi connectivity index (χ1n) is 5.78. The molecule has 18 heavy (non-hydrogen) atoms. The van der Waals surface area contributed by atoms with Crippen LogP contribution >= 0.6 is 11.6 Å². The second-order valence-corrected chi connectivity index (χ2v) is 4.69. The third-order valence-corrected chi connectivity index (χ3v) is 3.28. The zero-order valence-corrected chi connectivity index (χ0v) is 10.4. The predicted octanol–water partition coefficient (Wildman–Crippen LogP) is 2.19. The van der Waals surface area contributed by atoms with E-state index in [4.69, 9.17) is 16.0 Å². The highest BCUT2D eigenvalue weighted by atomic mass is 35.5. The van der Waals surface area contributed by atoms with E-state index in [0.717, 1.165) is 18.6 Å². The van der Waals surface area contributed by atoms with Crippen molar-refractivity contribution in [1.82, 2.24) is 9.97 Å². The minimum Gasteiger partial charge on any atom is -0.467 e. The summed E-state index contributed by atoms with van der Waals surface area (Å²) in [5.41, 5.74) is -0.313. The van der Waals surface area contributed by atoms with Gasteiger partial charge in [0.15, 0.2) is 5.82 Å². The van der Waals surface area contributed by atoms with E-state index in [1.165, 1.54) is 6.33 Å². The molecule has 2 heterocycles. The van der Waals surface area contributed by atoms with E-state index in [9.17, 15) is 4.79 Å². The Morgan fingerprint density at radius 3 is 3.06 bits per heavy atom. The molecule has 94 valence electrons. The lowest BCUT2D eigenvalue weighted by Crippen LogP contribution is -2.28. The highest BCUT2D eigenvalue weighted by Gasteiger charge is 2.32. The maximum Gasteiger partial charge on any atom is 0.271 e. The summed E-state index contributed by atoms with van der Waals surface area (Å²) >= 11 is 6.02. The molecule has 1 aliphatic carbocycles. The number of nitrogens with zero attached hydrogens (tertiary/aromatic N) is 2. The van der Waals surface area contributed by atoms with Crippen molar-refractivity contribution in [1.29, 1.82) is 0 Å². The Kier molecular flexibility index (Phi) is 2.83. The minimum absolute atomic E-state index is 0.135. The molecule has 1 aliphatic rings. The van der Waals surface area contributed by atoms with E-state index in [1.807, 2.05) is 17.0 Å². The highest BCUT2D eigenvalue weighted by molar-refractivity contribution is 6.32. The molecule has 0 saturated heterocycles. The first-order chi connectivity index (χ1) is 8.75. The summed E-state index contributed by atoms with van der Waals surface area (Å²) in [5, 5.41) is 0.135. The molecule has 2 aromatic rings. The number of H-pyrrole nitrogens is 1. The van der Waals surface area contributed by atoms with Gasteiger partial charge in [-0.25, -0.2) is 4.98 Å². The van der Waals surface area contributed by atoms with Crippen LogP contribution in [-0.4, -0.2) is 16.0 Å². The smallest absolute Gasteiger partial charge is 0.271 e. The van der Waals surface area contributed by atoms with Gasteiger partial charge >= 0.3 is 0 Å². The summed E-state index contributed by atoms with van der Waals surface area (Å²) in [4.78, 5) is 20.2. The Labute approximate surface area is 108 Å². The van der Waals surface area contributed by atoms with Crippen LogP contribution in [0.3, 0.4) is 0 Å². The summed E-state index contributed by atoms with van der Waals surface area (Å²) in [6, 6.07) is 4.13. The SMILES string of the molecule is O=c1[nH]cnc(N(Cc2ccco2)C2CC2)c1Cl. The third-order valence-electron chi connectivity index (χ3n) is 2.94. The van der Waals surface area contributed by atoms with Crippen molar-refractivity contribution in [2.24, 2.45) is 0 Å². The van der Waals surface area contributed by atoms with E-state index < -0.39 is 0 Å². The molecule has 6 heteroatoms. The Hall–Kier alpha value is -1.75. The Bertz CT molecular complexity index is 590. The summed E-state index contributed by atoms with van der Waals surface area (Å²) in [7, 11) is 0. The Morgan fingerprint density at radius 1 is 1.56 bits per heavy atom. The zero-order valence-electron chi connectivity index (χ0n) is 9.60. The van der Waals surface area contributed by atoms with Crippen LogP contribution in [0.4, 0.5) is 5.82 Å². The molecule has 0 unspecified atom stereocenters. The number of hydrogen-bond donors (Lipinski definition) is 1. The van der Waals surface area contributed by atoms with Gasteiger partial charge < -0.3 is 14.3 Å². The van der Waals surface area contributed by atoms with E-state index in [0.29, 0.717) is 18.4 Å². The van der Waals surface area contributed by atoms with Crippen LogP contribution < -0.4 is 10.5 Å². The van der Waals surface area contributed by atoms with Crippen LogP contribution in [-0.2, 0) is 6.54 Å². The molecule has 0 aliphatic heterocycles. The molecule has 3 rings (SSSR count). The molecule has 0 bridgehead atoms. The monoisotopic (exact) mass is 265 g/mol. The molecule has 0 aromatic carbocycles. The van der Waals surface area contributed by atoms with E-state index in [2.05, 4.69) is 9.97 Å². The normalized spacial score (nSPS) is 14.7. The fraction of sp³-hybridized carbons (Fsp3) is 0.333. The Morgan fingerprint density at radius 2 is 2.39 bits per heavy atom. The van der Waals surface area contributed by atoms with Crippen molar-refractivity contribution in [3.8, 4) is 0 Å². The summed E-state index contributed by atoms with van der Waals surface area (Å²) in [6.45, 7) is 0.577. The van der Waals surface area contributed by atoms with Gasteiger partial charge in [-0.1, -0.05) is 11.6 Å². The van der Waals surface area contributed by atoms with Gasteiger partial charge in [0.25, 0.3) is 5.56 Å². The fourth-order valence-corrected chi connectivity index (χ4v) is 2.12. The van der Waals surface area contributed by atoms with Crippen molar-refractivity contribution in [3.63, 3.8) is 0 Å². The van der Waals surface area contributed by atoms with Crippen LogP contribution in [0.25, 0.3) is 0 Å². The first kappa shape index (κ1) is 11.3. The largest absolute Gasteiger partial charge is 0.467 e. The molecule has 0 radical (unpaired) electrons. The molecular weight excluding hydrogens is 254 g/mol. The van der Waals surface area contributed by atoms with Gasteiger partial charge in [0.2, 0.25) is 0 Å². The summed E-state index contributed by atoms with van der Waals surface area (Å²) in [6.07, 6.45) is 5.19. The third kappa shape index (κ3) is 2.13. The number of aromatic nitrogens is 2. The molecule has 0 spiro atoms. The maximum atomic E-state index is 11.5. The van der Waals surface area contributed by atoms with E-state index >= 15 is 0 Å². The van der Waals surface area contributed by atoms with Crippen molar-refractivity contribution in [2.75, 3.05) is 4.90 Å². The van der Waals surface area contributed by atoms with Gasteiger partial charge in [-0.15, -0.1) is 0 Å². The lowest BCUT2D eigenvalue weighted by atomic mass is 10.3. The lowest BCUT2D eigenvalue weighted by molar-refractivity contribution is 0.500. The highest BCUT2D eigenvalue weighted by Crippen LogP contribution is 2.34. The predicted molar refractivity (Wildman–Crippen MR) is 67.8 cm³/mol. The molecule has 5 nitrogen and oxygen atoms in total. The van der Waals surface area contributed by atoms with Crippen molar-refractivity contribution in [2.45, 2.75) is 25.4 Å². The topological polar surface area (TPSA) is 62.1 Å². The van der Waals surface area contributed by atoms with Crippen LogP contribution in [0.15, 0.2) is 33.9 Å². The lowest BCUT2D eigenvalue weighted by Gasteiger charge is -2.22. The second kappa shape index (κ2) is 4.49. The number of furan rings is 1. The van der Waals surface area contributed by atoms with Crippen molar-refractivity contribution in [3.05, 3.63) is 45.9 Å².